The second kappa shape index (κ2) is 7.32. The highest BCUT2D eigenvalue weighted by atomic mass is 32.2. The molecule has 0 aliphatic carbocycles. The highest BCUT2D eigenvalue weighted by Gasteiger charge is 2.40. The lowest BCUT2D eigenvalue weighted by atomic mass is 10.0. The zero-order valence-corrected chi connectivity index (χ0v) is 14.1. The maximum Gasteiger partial charge on any atom is 0.326 e. The van der Waals surface area contributed by atoms with Crippen LogP contribution in [-0.4, -0.2) is 68.6 Å². The minimum atomic E-state index is -1.03. The number of amides is 1. The van der Waals surface area contributed by atoms with Gasteiger partial charge in [-0.2, -0.15) is 11.8 Å². The Morgan fingerprint density at radius 3 is 2.36 bits per heavy atom. The number of nitrogens with zero attached hydrogens (tertiary/aromatic N) is 1. The van der Waals surface area contributed by atoms with Crippen LogP contribution in [0.25, 0.3) is 0 Å². The van der Waals surface area contributed by atoms with Gasteiger partial charge in [-0.15, -0.1) is 0 Å². The Labute approximate surface area is 134 Å². The molecule has 0 aromatic carbocycles. The second-order valence-electron chi connectivity index (χ2n) is 6.00. The van der Waals surface area contributed by atoms with Gasteiger partial charge in [-0.1, -0.05) is 0 Å². The van der Waals surface area contributed by atoms with Crippen molar-refractivity contribution in [2.45, 2.75) is 56.5 Å². The number of aliphatic carboxylic acids is 2. The number of hydrogen-bond acceptors (Lipinski definition) is 5. The molecule has 1 amide bonds. The minimum Gasteiger partial charge on any atom is -0.480 e. The molecule has 0 spiro atoms. The maximum atomic E-state index is 12.4. The van der Waals surface area contributed by atoms with Crippen molar-refractivity contribution in [1.29, 1.82) is 0 Å². The number of hydrogen-bond donors (Lipinski definition) is 3. The quantitative estimate of drug-likeness (QED) is 0.628. The summed E-state index contributed by atoms with van der Waals surface area (Å²) in [4.78, 5) is 36.4. The van der Waals surface area contributed by atoms with Crippen LogP contribution in [0, 0.1) is 0 Å². The summed E-state index contributed by atoms with van der Waals surface area (Å²) < 4.78 is -0.600. The predicted molar refractivity (Wildman–Crippen MR) is 84.0 cm³/mol. The van der Waals surface area contributed by atoms with Crippen molar-refractivity contribution < 1.29 is 24.6 Å². The first-order valence-electron chi connectivity index (χ1n) is 7.19. The van der Waals surface area contributed by atoms with Crippen LogP contribution in [0.2, 0.25) is 0 Å². The van der Waals surface area contributed by atoms with Crippen molar-refractivity contribution in [2.75, 3.05) is 12.8 Å². The van der Waals surface area contributed by atoms with E-state index in [4.69, 9.17) is 5.11 Å². The van der Waals surface area contributed by atoms with E-state index < -0.39 is 34.8 Å². The fourth-order valence-electron chi connectivity index (χ4n) is 2.54. The number of carbonyl (C=O) groups is 3. The minimum absolute atomic E-state index is 0.368. The summed E-state index contributed by atoms with van der Waals surface area (Å²) in [6, 6.07) is -2.48. The summed E-state index contributed by atoms with van der Waals surface area (Å²) in [6.45, 7) is 5.55. The number of thioether (sulfide) groups is 1. The van der Waals surface area contributed by atoms with E-state index in [0.717, 1.165) is 0 Å². The van der Waals surface area contributed by atoms with Gasteiger partial charge in [-0.25, -0.2) is 4.79 Å². The second-order valence-corrected chi connectivity index (χ2v) is 7.46. The first kappa shape index (κ1) is 18.8. The summed E-state index contributed by atoms with van der Waals surface area (Å²) in [5.74, 6) is -2.42. The normalized spacial score (nSPS) is 21.5. The molecule has 3 unspecified atom stereocenters. The average Bonchev–Trinajstić information content (AvgIpc) is 2.92. The Bertz CT molecular complexity index is 455. The standard InChI is InChI=1S/C14H24N2O5S/c1-8(15-10(13(20)21)14(2,3)22-4)11(17)16-7-5-6-9(16)12(18)19/h8-10,15H,5-7H2,1-4H3,(H,18,19)(H,20,21). The Morgan fingerprint density at radius 2 is 1.91 bits per heavy atom. The van der Waals surface area contributed by atoms with Crippen LogP contribution in [0.4, 0.5) is 0 Å². The molecule has 1 saturated heterocycles. The van der Waals surface area contributed by atoms with Crippen LogP contribution < -0.4 is 5.32 Å². The molecule has 22 heavy (non-hydrogen) atoms. The van der Waals surface area contributed by atoms with Crippen LogP contribution in [0.1, 0.15) is 33.6 Å². The molecule has 0 radical (unpaired) electrons. The fourth-order valence-corrected chi connectivity index (χ4v) is 2.95. The lowest BCUT2D eigenvalue weighted by Gasteiger charge is -2.33. The van der Waals surface area contributed by atoms with Gasteiger partial charge < -0.3 is 15.1 Å². The van der Waals surface area contributed by atoms with Crippen molar-refractivity contribution in [3.63, 3.8) is 0 Å². The molecule has 1 aliphatic rings. The molecule has 1 aliphatic heterocycles. The molecule has 126 valence electrons. The van der Waals surface area contributed by atoms with Crippen LogP contribution >= 0.6 is 11.8 Å². The molecular formula is C14H24N2O5S. The Hall–Kier alpha value is -1.28. The first-order chi connectivity index (χ1) is 10.1. The third-order valence-electron chi connectivity index (χ3n) is 4.08. The van der Waals surface area contributed by atoms with Gasteiger partial charge in [0.05, 0.1) is 6.04 Å². The number of carbonyl (C=O) groups excluding carboxylic acids is 1. The molecule has 0 bridgehead atoms. The van der Waals surface area contributed by atoms with Crippen molar-refractivity contribution >= 4 is 29.6 Å². The van der Waals surface area contributed by atoms with Gasteiger partial charge in [0, 0.05) is 11.3 Å². The van der Waals surface area contributed by atoms with Gasteiger partial charge >= 0.3 is 11.9 Å². The zero-order chi connectivity index (χ0) is 17.1. The molecule has 1 fully saturated rings. The number of rotatable bonds is 7. The summed E-state index contributed by atoms with van der Waals surface area (Å²) in [5, 5.41) is 21.4. The van der Waals surface area contributed by atoms with Gasteiger partial charge in [0.15, 0.2) is 0 Å². The summed E-state index contributed by atoms with van der Waals surface area (Å²) >= 11 is 1.39. The molecular weight excluding hydrogens is 308 g/mol. The van der Waals surface area contributed by atoms with E-state index >= 15 is 0 Å². The molecule has 0 aromatic rings. The largest absolute Gasteiger partial charge is 0.480 e. The monoisotopic (exact) mass is 332 g/mol. The molecule has 7 nitrogen and oxygen atoms in total. The lowest BCUT2D eigenvalue weighted by molar-refractivity contribution is -0.149. The van der Waals surface area contributed by atoms with Gasteiger partial charge in [-0.3, -0.25) is 14.9 Å². The number of likely N-dealkylation sites (tertiary alicyclic amines) is 1. The van der Waals surface area contributed by atoms with Crippen LogP contribution in [-0.2, 0) is 14.4 Å². The lowest BCUT2D eigenvalue weighted by Crippen LogP contribution is -2.58. The highest BCUT2D eigenvalue weighted by molar-refractivity contribution is 8.00. The summed E-state index contributed by atoms with van der Waals surface area (Å²) in [6.07, 6.45) is 2.89. The first-order valence-corrected chi connectivity index (χ1v) is 8.41. The molecule has 0 aromatic heterocycles. The van der Waals surface area contributed by atoms with Crippen LogP contribution in [0.3, 0.4) is 0 Å². The third-order valence-corrected chi connectivity index (χ3v) is 5.36. The van der Waals surface area contributed by atoms with E-state index in [1.54, 1.807) is 20.8 Å². The topological polar surface area (TPSA) is 107 Å². The highest BCUT2D eigenvalue weighted by Crippen LogP contribution is 2.26. The SMILES string of the molecule is CSC(C)(C)C(NC(C)C(=O)N1CCCC1C(=O)O)C(=O)O. The smallest absolute Gasteiger partial charge is 0.326 e. The Morgan fingerprint density at radius 1 is 1.32 bits per heavy atom. The van der Waals surface area contributed by atoms with Gasteiger partial charge in [0.2, 0.25) is 5.91 Å². The van der Waals surface area contributed by atoms with Gasteiger partial charge in [0.1, 0.15) is 12.1 Å². The van der Waals surface area contributed by atoms with Crippen molar-refractivity contribution in [2.24, 2.45) is 0 Å². The third kappa shape index (κ3) is 4.13. The molecule has 0 saturated carbocycles. The molecule has 1 rings (SSSR count). The molecule has 8 heteroatoms. The predicted octanol–water partition coefficient (Wildman–Crippen LogP) is 0.635. The fraction of sp³-hybridized carbons (Fsp3) is 0.786. The van der Waals surface area contributed by atoms with Crippen LogP contribution in [0.5, 0.6) is 0 Å². The summed E-state index contributed by atoms with van der Waals surface area (Å²) in [5.41, 5.74) is 0. The van der Waals surface area contributed by atoms with E-state index in [-0.39, 0.29) is 5.91 Å². The van der Waals surface area contributed by atoms with Gasteiger partial charge in [0.25, 0.3) is 0 Å². The zero-order valence-electron chi connectivity index (χ0n) is 13.3. The maximum absolute atomic E-state index is 12.4. The number of carboxylic acids is 2. The van der Waals surface area contributed by atoms with E-state index in [1.165, 1.54) is 16.7 Å². The molecule has 3 N–H and O–H groups in total. The van der Waals surface area contributed by atoms with E-state index in [1.807, 2.05) is 6.26 Å². The average molecular weight is 332 g/mol. The van der Waals surface area contributed by atoms with E-state index in [0.29, 0.717) is 19.4 Å². The van der Waals surface area contributed by atoms with E-state index in [2.05, 4.69) is 5.32 Å². The van der Waals surface area contributed by atoms with Crippen molar-refractivity contribution in [1.82, 2.24) is 10.2 Å². The van der Waals surface area contributed by atoms with Crippen molar-refractivity contribution in [3.05, 3.63) is 0 Å². The number of nitrogens with one attached hydrogen (secondary N) is 1. The number of carboxylic acid groups (broad SMARTS) is 2. The van der Waals surface area contributed by atoms with Crippen LogP contribution in [0.15, 0.2) is 0 Å². The Kier molecular flexibility index (Phi) is 6.25. The molecule has 1 heterocycles. The van der Waals surface area contributed by atoms with Gasteiger partial charge in [-0.05, 0) is 39.9 Å². The van der Waals surface area contributed by atoms with E-state index in [9.17, 15) is 19.5 Å². The molecule has 3 atom stereocenters. The summed E-state index contributed by atoms with van der Waals surface area (Å²) in [7, 11) is 0. The Balaban J connectivity index is 2.82. The van der Waals surface area contributed by atoms with Crippen molar-refractivity contribution in [3.8, 4) is 0 Å².